The van der Waals surface area contributed by atoms with Gasteiger partial charge in [-0.3, -0.25) is 4.79 Å². The van der Waals surface area contributed by atoms with Gasteiger partial charge in [-0.25, -0.2) is 0 Å². The molecule has 1 aromatic carbocycles. The van der Waals surface area contributed by atoms with Gasteiger partial charge in [0.05, 0.1) is 0 Å². The van der Waals surface area contributed by atoms with Gasteiger partial charge in [-0.2, -0.15) is 0 Å². The second kappa shape index (κ2) is 6.27. The zero-order valence-corrected chi connectivity index (χ0v) is 14.7. The summed E-state index contributed by atoms with van der Waals surface area (Å²) in [5.74, 6) is 0.427. The third-order valence-electron chi connectivity index (χ3n) is 5.02. The fourth-order valence-corrected chi connectivity index (χ4v) is 4.05. The molecule has 1 aromatic rings. The number of esters is 1. The van der Waals surface area contributed by atoms with E-state index >= 15 is 0 Å². The van der Waals surface area contributed by atoms with Crippen molar-refractivity contribution in [3.8, 4) is 5.75 Å². The van der Waals surface area contributed by atoms with Crippen LogP contribution in [0, 0.1) is 5.41 Å². The van der Waals surface area contributed by atoms with E-state index in [1.807, 2.05) is 25.1 Å². The maximum atomic E-state index is 11.4. The van der Waals surface area contributed by atoms with E-state index in [1.165, 1.54) is 29.2 Å². The number of allylic oxidation sites excluding steroid dienone is 7. The smallest absolute Gasteiger partial charge is 0.308 e. The van der Waals surface area contributed by atoms with Gasteiger partial charge in [-0.05, 0) is 54.5 Å². The normalized spacial score (nSPS) is 22.7. The van der Waals surface area contributed by atoms with E-state index in [-0.39, 0.29) is 11.4 Å². The van der Waals surface area contributed by atoms with E-state index < -0.39 is 0 Å². The molecule has 2 aliphatic rings. The lowest BCUT2D eigenvalue weighted by Crippen LogP contribution is -2.18. The molecule has 0 bridgehead atoms. The Morgan fingerprint density at radius 3 is 2.79 bits per heavy atom. The Morgan fingerprint density at radius 2 is 2.12 bits per heavy atom. The summed E-state index contributed by atoms with van der Waals surface area (Å²) < 4.78 is 5.43. The zero-order valence-electron chi connectivity index (χ0n) is 14.7. The number of hydrogen-bond acceptors (Lipinski definition) is 2. The van der Waals surface area contributed by atoms with Gasteiger partial charge in [-0.1, -0.05) is 49.9 Å². The predicted octanol–water partition coefficient (Wildman–Crippen LogP) is 5.11. The number of carbonyl (C=O) groups is 1. The summed E-state index contributed by atoms with van der Waals surface area (Å²) in [7, 11) is 0. The average molecular weight is 320 g/mol. The summed E-state index contributed by atoms with van der Waals surface area (Å²) in [5.41, 5.74) is 6.49. The van der Waals surface area contributed by atoms with Crippen LogP contribution in [0.5, 0.6) is 5.75 Å². The third-order valence-corrected chi connectivity index (χ3v) is 5.02. The number of rotatable bonds is 3. The quantitative estimate of drug-likeness (QED) is 0.572. The van der Waals surface area contributed by atoms with Crippen LogP contribution in [0.2, 0.25) is 0 Å². The molecule has 0 spiro atoms. The number of hydrogen-bond donors (Lipinski definition) is 0. The first kappa shape index (κ1) is 16.5. The SMILES string of the molecule is C=CC1=C(/C=C\C)C2=CCc3c(cccc3OC(C)=O)CC2(C)C1. The molecule has 0 saturated carbocycles. The number of fused-ring (bicyclic) bond motifs is 2. The van der Waals surface area contributed by atoms with E-state index in [4.69, 9.17) is 4.74 Å². The number of ether oxygens (including phenoxy) is 1. The van der Waals surface area contributed by atoms with Crippen molar-refractivity contribution < 1.29 is 9.53 Å². The second-order valence-electron chi connectivity index (χ2n) is 6.87. The summed E-state index contributed by atoms with van der Waals surface area (Å²) in [6, 6.07) is 6.03. The molecule has 2 aliphatic carbocycles. The van der Waals surface area contributed by atoms with E-state index in [2.05, 4.69) is 37.8 Å². The standard InChI is InChI=1S/C22H24O2/c1-5-8-18-16(6-2)13-22(4)14-17-9-7-10-21(24-15(3)23)19(17)11-12-20(18)22/h5-10,12H,2,11,13-14H2,1,3-4H3/b8-5-. The lowest BCUT2D eigenvalue weighted by atomic mass is 9.77. The highest BCUT2D eigenvalue weighted by atomic mass is 16.5. The Morgan fingerprint density at radius 1 is 1.33 bits per heavy atom. The summed E-state index contributed by atoms with van der Waals surface area (Å²) in [6.45, 7) is 9.83. The van der Waals surface area contributed by atoms with Gasteiger partial charge >= 0.3 is 5.97 Å². The van der Waals surface area contributed by atoms with Gasteiger partial charge < -0.3 is 4.74 Å². The maximum Gasteiger partial charge on any atom is 0.308 e. The first-order valence-corrected chi connectivity index (χ1v) is 8.47. The highest BCUT2D eigenvalue weighted by Gasteiger charge is 2.39. The van der Waals surface area contributed by atoms with Gasteiger partial charge in [-0.15, -0.1) is 0 Å². The molecule has 24 heavy (non-hydrogen) atoms. The molecule has 1 atom stereocenters. The Bertz CT molecular complexity index is 792. The summed E-state index contributed by atoms with van der Waals surface area (Å²) >= 11 is 0. The molecule has 1 unspecified atom stereocenters. The molecule has 124 valence electrons. The highest BCUT2D eigenvalue weighted by molar-refractivity contribution is 5.70. The summed E-state index contributed by atoms with van der Waals surface area (Å²) in [5, 5.41) is 0. The van der Waals surface area contributed by atoms with Crippen molar-refractivity contribution in [2.24, 2.45) is 5.41 Å². The van der Waals surface area contributed by atoms with Crippen LogP contribution < -0.4 is 4.74 Å². The van der Waals surface area contributed by atoms with Crippen LogP contribution >= 0.6 is 0 Å². The van der Waals surface area contributed by atoms with Gasteiger partial charge in [0.1, 0.15) is 5.75 Å². The molecule has 0 N–H and O–H groups in total. The molecule has 0 saturated heterocycles. The Balaban J connectivity index is 2.08. The lowest BCUT2D eigenvalue weighted by Gasteiger charge is -2.27. The fraction of sp³-hybridized carbons (Fsp3) is 0.318. The molecule has 0 aliphatic heterocycles. The van der Waals surface area contributed by atoms with E-state index in [0.29, 0.717) is 5.75 Å². The molecule has 0 heterocycles. The van der Waals surface area contributed by atoms with Crippen molar-refractivity contribution in [1.29, 1.82) is 0 Å². The second-order valence-corrected chi connectivity index (χ2v) is 6.87. The molecule has 0 radical (unpaired) electrons. The Hall–Kier alpha value is -2.35. The van der Waals surface area contributed by atoms with Crippen LogP contribution in [0.3, 0.4) is 0 Å². The minimum Gasteiger partial charge on any atom is -0.426 e. The molecule has 0 amide bonds. The third kappa shape index (κ3) is 2.77. The van der Waals surface area contributed by atoms with Crippen molar-refractivity contribution >= 4 is 5.97 Å². The average Bonchev–Trinajstić information content (AvgIpc) is 2.69. The Kier molecular flexibility index (Phi) is 4.31. The topological polar surface area (TPSA) is 26.3 Å². The lowest BCUT2D eigenvalue weighted by molar-refractivity contribution is -0.131. The van der Waals surface area contributed by atoms with E-state index in [0.717, 1.165) is 24.8 Å². The summed E-state index contributed by atoms with van der Waals surface area (Å²) in [6.07, 6.45) is 11.3. The number of benzene rings is 1. The minimum absolute atomic E-state index is 0.0679. The van der Waals surface area contributed by atoms with Crippen LogP contribution in [-0.2, 0) is 17.6 Å². The van der Waals surface area contributed by atoms with Crippen LogP contribution in [0.1, 0.15) is 38.3 Å². The zero-order chi connectivity index (χ0) is 17.3. The van der Waals surface area contributed by atoms with Crippen LogP contribution in [0.15, 0.2) is 65.8 Å². The molecule has 2 heteroatoms. The van der Waals surface area contributed by atoms with Gasteiger partial charge in [0.2, 0.25) is 0 Å². The van der Waals surface area contributed by atoms with E-state index in [1.54, 1.807) is 0 Å². The fourth-order valence-electron chi connectivity index (χ4n) is 4.05. The summed E-state index contributed by atoms with van der Waals surface area (Å²) in [4.78, 5) is 11.4. The molecule has 0 aromatic heterocycles. The van der Waals surface area contributed by atoms with Crippen LogP contribution in [0.25, 0.3) is 0 Å². The maximum absolute atomic E-state index is 11.4. The van der Waals surface area contributed by atoms with E-state index in [9.17, 15) is 4.79 Å². The van der Waals surface area contributed by atoms with Crippen molar-refractivity contribution in [2.45, 2.75) is 40.0 Å². The molecule has 2 nitrogen and oxygen atoms in total. The molecule has 3 rings (SSSR count). The molecular formula is C22H24O2. The van der Waals surface area contributed by atoms with Gasteiger partial charge in [0.25, 0.3) is 0 Å². The van der Waals surface area contributed by atoms with Gasteiger partial charge in [0, 0.05) is 17.9 Å². The molecular weight excluding hydrogens is 296 g/mol. The predicted molar refractivity (Wildman–Crippen MR) is 98.0 cm³/mol. The monoisotopic (exact) mass is 320 g/mol. The minimum atomic E-state index is -0.268. The van der Waals surface area contributed by atoms with Crippen molar-refractivity contribution in [3.05, 3.63) is 76.9 Å². The van der Waals surface area contributed by atoms with Crippen LogP contribution in [-0.4, -0.2) is 5.97 Å². The van der Waals surface area contributed by atoms with Gasteiger partial charge in [0.15, 0.2) is 0 Å². The van der Waals surface area contributed by atoms with Crippen LogP contribution in [0.4, 0.5) is 0 Å². The largest absolute Gasteiger partial charge is 0.426 e. The first-order chi connectivity index (χ1) is 11.5. The highest BCUT2D eigenvalue weighted by Crippen LogP contribution is 2.51. The molecule has 0 fully saturated rings. The van der Waals surface area contributed by atoms with Crippen molar-refractivity contribution in [1.82, 2.24) is 0 Å². The van der Waals surface area contributed by atoms with Crippen molar-refractivity contribution in [3.63, 3.8) is 0 Å². The first-order valence-electron chi connectivity index (χ1n) is 8.47. The Labute approximate surface area is 144 Å². The number of carbonyl (C=O) groups excluding carboxylic acids is 1. The van der Waals surface area contributed by atoms with Crippen molar-refractivity contribution in [2.75, 3.05) is 0 Å².